The van der Waals surface area contributed by atoms with Gasteiger partial charge in [0.2, 0.25) is 0 Å². The van der Waals surface area contributed by atoms with Gasteiger partial charge in [-0.25, -0.2) is 0 Å². The maximum atomic E-state index is 9.79. The molecule has 0 saturated carbocycles. The fraction of sp³-hybridized carbons (Fsp3) is 0.429. The Labute approximate surface area is 102 Å². The lowest BCUT2D eigenvalue weighted by Gasteiger charge is -2.09. The van der Waals surface area contributed by atoms with Crippen LogP contribution in [-0.2, 0) is 0 Å². The summed E-state index contributed by atoms with van der Waals surface area (Å²) in [7, 11) is 0. The van der Waals surface area contributed by atoms with Gasteiger partial charge in [0, 0.05) is 18.6 Å². The highest BCUT2D eigenvalue weighted by Crippen LogP contribution is 2.16. The van der Waals surface area contributed by atoms with Crippen LogP contribution in [0.2, 0.25) is 0 Å². The number of aliphatic hydroxyl groups excluding tert-OH is 2. The fourth-order valence-electron chi connectivity index (χ4n) is 1.48. The molecular formula is C14H19NO2. The van der Waals surface area contributed by atoms with Crippen molar-refractivity contribution >= 4 is 0 Å². The molecule has 0 radical (unpaired) electrons. The van der Waals surface area contributed by atoms with Crippen LogP contribution < -0.4 is 5.73 Å². The molecule has 3 nitrogen and oxygen atoms in total. The van der Waals surface area contributed by atoms with E-state index in [1.807, 2.05) is 24.3 Å². The largest absolute Gasteiger partial charge is 0.396 e. The van der Waals surface area contributed by atoms with Crippen LogP contribution in [0, 0.1) is 11.8 Å². The smallest absolute Gasteiger partial charge is 0.0802 e. The number of benzene rings is 1. The number of nitrogens with two attached hydrogens (primary N) is 1. The third-order valence-corrected chi connectivity index (χ3v) is 2.40. The molecule has 0 fully saturated rings. The second kappa shape index (κ2) is 7.86. The molecule has 17 heavy (non-hydrogen) atoms. The fourth-order valence-corrected chi connectivity index (χ4v) is 1.48. The van der Waals surface area contributed by atoms with Crippen LogP contribution >= 0.6 is 0 Å². The first kappa shape index (κ1) is 13.7. The average molecular weight is 233 g/mol. The Kier molecular flexibility index (Phi) is 6.34. The molecule has 0 amide bonds. The van der Waals surface area contributed by atoms with E-state index in [1.54, 1.807) is 0 Å². The van der Waals surface area contributed by atoms with Gasteiger partial charge in [-0.3, -0.25) is 0 Å². The van der Waals surface area contributed by atoms with E-state index in [4.69, 9.17) is 10.8 Å². The second-order valence-electron chi connectivity index (χ2n) is 3.85. The third kappa shape index (κ3) is 5.01. The topological polar surface area (TPSA) is 66.5 Å². The molecule has 0 aliphatic carbocycles. The van der Waals surface area contributed by atoms with Gasteiger partial charge in [-0.1, -0.05) is 24.0 Å². The molecule has 0 spiro atoms. The molecule has 1 unspecified atom stereocenters. The molecule has 0 bridgehead atoms. The van der Waals surface area contributed by atoms with Gasteiger partial charge in [-0.15, -0.1) is 0 Å². The lowest BCUT2D eigenvalue weighted by molar-refractivity contribution is 0.170. The molecular weight excluding hydrogens is 214 g/mol. The van der Waals surface area contributed by atoms with Gasteiger partial charge >= 0.3 is 0 Å². The van der Waals surface area contributed by atoms with E-state index in [0.29, 0.717) is 25.8 Å². The van der Waals surface area contributed by atoms with E-state index < -0.39 is 6.10 Å². The molecule has 0 saturated heterocycles. The van der Waals surface area contributed by atoms with Crippen LogP contribution in [0.4, 0.5) is 0 Å². The first-order chi connectivity index (χ1) is 8.27. The van der Waals surface area contributed by atoms with Crippen molar-refractivity contribution in [3.8, 4) is 11.8 Å². The van der Waals surface area contributed by atoms with Crippen LogP contribution in [-0.4, -0.2) is 23.4 Å². The SMILES string of the molecule is NCCC(O)c1cccc(C#CCCCO)c1. The standard InChI is InChI=1S/C14H19NO2/c15-9-8-14(17)13-7-4-6-12(11-13)5-2-1-3-10-16/h4,6-7,11,14,16-17H,1,3,8-10,15H2. The first-order valence-corrected chi connectivity index (χ1v) is 5.85. The number of hydrogen-bond donors (Lipinski definition) is 3. The van der Waals surface area contributed by atoms with Gasteiger partial charge in [-0.05, 0) is 37.1 Å². The van der Waals surface area contributed by atoms with Gasteiger partial charge in [-0.2, -0.15) is 0 Å². The molecule has 0 heterocycles. The van der Waals surface area contributed by atoms with Crippen LogP contribution in [0.5, 0.6) is 0 Å². The Hall–Kier alpha value is -1.34. The zero-order chi connectivity index (χ0) is 12.5. The first-order valence-electron chi connectivity index (χ1n) is 5.85. The highest BCUT2D eigenvalue weighted by molar-refractivity contribution is 5.37. The minimum absolute atomic E-state index is 0.171. The maximum Gasteiger partial charge on any atom is 0.0802 e. The second-order valence-corrected chi connectivity index (χ2v) is 3.85. The van der Waals surface area contributed by atoms with Gasteiger partial charge in [0.1, 0.15) is 0 Å². The molecule has 1 atom stereocenters. The molecule has 4 N–H and O–H groups in total. The Balaban J connectivity index is 2.67. The van der Waals surface area contributed by atoms with Crippen molar-refractivity contribution in [2.45, 2.75) is 25.4 Å². The number of unbranched alkanes of at least 4 members (excludes halogenated alkanes) is 1. The quantitative estimate of drug-likeness (QED) is 0.528. The zero-order valence-electron chi connectivity index (χ0n) is 9.89. The average Bonchev–Trinajstić information content (AvgIpc) is 2.35. The van der Waals surface area contributed by atoms with Crippen LogP contribution in [0.1, 0.15) is 36.5 Å². The minimum atomic E-state index is -0.515. The van der Waals surface area contributed by atoms with Crippen molar-refractivity contribution in [1.82, 2.24) is 0 Å². The summed E-state index contributed by atoms with van der Waals surface area (Å²) in [5.74, 6) is 6.00. The summed E-state index contributed by atoms with van der Waals surface area (Å²) in [6.07, 6.45) is 1.43. The zero-order valence-corrected chi connectivity index (χ0v) is 9.89. The van der Waals surface area contributed by atoms with Crippen LogP contribution in [0.25, 0.3) is 0 Å². The minimum Gasteiger partial charge on any atom is -0.396 e. The van der Waals surface area contributed by atoms with Crippen molar-refractivity contribution in [2.24, 2.45) is 5.73 Å². The number of hydrogen-bond acceptors (Lipinski definition) is 3. The van der Waals surface area contributed by atoms with Gasteiger partial charge < -0.3 is 15.9 Å². The maximum absolute atomic E-state index is 9.79. The van der Waals surface area contributed by atoms with Crippen molar-refractivity contribution in [3.05, 3.63) is 35.4 Å². The lowest BCUT2D eigenvalue weighted by atomic mass is 10.0. The molecule has 1 aromatic carbocycles. The Morgan fingerprint density at radius 1 is 1.35 bits per heavy atom. The Morgan fingerprint density at radius 2 is 2.18 bits per heavy atom. The van der Waals surface area contributed by atoms with E-state index in [1.165, 1.54) is 0 Å². The van der Waals surface area contributed by atoms with Gasteiger partial charge in [0.25, 0.3) is 0 Å². The Bertz CT molecular complexity index is 393. The molecule has 0 aromatic heterocycles. The number of rotatable bonds is 5. The van der Waals surface area contributed by atoms with E-state index in [9.17, 15) is 5.11 Å². The third-order valence-electron chi connectivity index (χ3n) is 2.40. The molecule has 92 valence electrons. The van der Waals surface area contributed by atoms with Crippen LogP contribution in [0.15, 0.2) is 24.3 Å². The summed E-state index contributed by atoms with van der Waals surface area (Å²) >= 11 is 0. The summed E-state index contributed by atoms with van der Waals surface area (Å²) in [6.45, 7) is 0.636. The number of aliphatic hydroxyl groups is 2. The molecule has 1 rings (SSSR count). The molecule has 1 aromatic rings. The molecule has 0 aliphatic heterocycles. The highest BCUT2D eigenvalue weighted by Gasteiger charge is 2.05. The lowest BCUT2D eigenvalue weighted by Crippen LogP contribution is -2.06. The monoisotopic (exact) mass is 233 g/mol. The Morgan fingerprint density at radius 3 is 2.88 bits per heavy atom. The summed E-state index contributed by atoms with van der Waals surface area (Å²) in [5, 5.41) is 18.4. The summed E-state index contributed by atoms with van der Waals surface area (Å²) in [4.78, 5) is 0. The summed E-state index contributed by atoms with van der Waals surface area (Å²) in [6, 6.07) is 7.54. The predicted molar refractivity (Wildman–Crippen MR) is 68.3 cm³/mol. The van der Waals surface area contributed by atoms with Crippen molar-refractivity contribution in [3.63, 3.8) is 0 Å². The molecule has 0 aliphatic rings. The highest BCUT2D eigenvalue weighted by atomic mass is 16.3. The summed E-state index contributed by atoms with van der Waals surface area (Å²) in [5.41, 5.74) is 7.14. The van der Waals surface area contributed by atoms with Gasteiger partial charge in [0.05, 0.1) is 6.10 Å². The van der Waals surface area contributed by atoms with Crippen molar-refractivity contribution in [1.29, 1.82) is 0 Å². The van der Waals surface area contributed by atoms with Crippen molar-refractivity contribution in [2.75, 3.05) is 13.2 Å². The van der Waals surface area contributed by atoms with Crippen molar-refractivity contribution < 1.29 is 10.2 Å². The predicted octanol–water partition coefficient (Wildman–Crippen LogP) is 1.19. The molecule has 3 heteroatoms. The van der Waals surface area contributed by atoms with E-state index in [-0.39, 0.29) is 6.61 Å². The van der Waals surface area contributed by atoms with E-state index in [0.717, 1.165) is 11.1 Å². The normalized spacial score (nSPS) is 11.7. The van der Waals surface area contributed by atoms with Crippen LogP contribution in [0.3, 0.4) is 0 Å². The van der Waals surface area contributed by atoms with E-state index in [2.05, 4.69) is 11.8 Å². The summed E-state index contributed by atoms with van der Waals surface area (Å²) < 4.78 is 0. The van der Waals surface area contributed by atoms with Gasteiger partial charge in [0.15, 0.2) is 0 Å². The van der Waals surface area contributed by atoms with E-state index >= 15 is 0 Å².